The maximum absolute atomic E-state index is 11.3. The molecule has 0 aliphatic carbocycles. The van der Waals surface area contributed by atoms with E-state index in [4.69, 9.17) is 13.0 Å². The molecule has 0 saturated heterocycles. The van der Waals surface area contributed by atoms with E-state index in [1.807, 2.05) is 19.1 Å². The highest BCUT2D eigenvalue weighted by atomic mass is 32.2. The molecular weight excluding hydrogens is 409 g/mol. The molecule has 0 bridgehead atoms. The maximum Gasteiger partial charge on any atom is 0.522 e. The number of benzene rings is 2. The van der Waals surface area contributed by atoms with Gasteiger partial charge in [-0.25, -0.2) is 0 Å². The third kappa shape index (κ3) is 6.16. The standard InChI is InChI=1S/C18H24OSi.CHF3O3S/c1-17(2,3)18(4,19)20(15-11-7-5-8-12-15)16-13-9-6-10-14-16;2-1(3,4)8(5,6)7/h5-14,19-20H,1-4H3;(H,5,6,7). The van der Waals surface area contributed by atoms with Crippen LogP contribution in [0.4, 0.5) is 13.2 Å². The summed E-state index contributed by atoms with van der Waals surface area (Å²) in [4.78, 5) is 0. The smallest absolute Gasteiger partial charge is 0.393 e. The van der Waals surface area contributed by atoms with Gasteiger partial charge in [0.25, 0.3) is 0 Å². The van der Waals surface area contributed by atoms with Gasteiger partial charge in [0.05, 0.1) is 5.22 Å². The summed E-state index contributed by atoms with van der Waals surface area (Å²) in [6, 6.07) is 21.0. The van der Waals surface area contributed by atoms with Crippen molar-refractivity contribution in [2.75, 3.05) is 0 Å². The normalized spacial score (nSPS) is 14.8. The average molecular weight is 435 g/mol. The second kappa shape index (κ2) is 8.77. The lowest BCUT2D eigenvalue weighted by atomic mass is 9.89. The van der Waals surface area contributed by atoms with E-state index in [2.05, 4.69) is 69.3 Å². The van der Waals surface area contributed by atoms with Gasteiger partial charge < -0.3 is 5.11 Å². The van der Waals surface area contributed by atoms with Gasteiger partial charge >= 0.3 is 15.6 Å². The lowest BCUT2D eigenvalue weighted by Gasteiger charge is -2.43. The van der Waals surface area contributed by atoms with Crippen LogP contribution in [0.2, 0.25) is 0 Å². The largest absolute Gasteiger partial charge is 0.522 e. The van der Waals surface area contributed by atoms with Crippen molar-refractivity contribution in [2.45, 2.75) is 38.4 Å². The van der Waals surface area contributed by atoms with Gasteiger partial charge in [-0.05, 0) is 12.3 Å². The molecule has 156 valence electrons. The number of hydrogen-bond acceptors (Lipinski definition) is 3. The monoisotopic (exact) mass is 434 g/mol. The summed E-state index contributed by atoms with van der Waals surface area (Å²) in [7, 11) is -7.57. The molecule has 0 aromatic heterocycles. The van der Waals surface area contributed by atoms with Crippen molar-refractivity contribution in [3.05, 3.63) is 60.7 Å². The molecule has 0 amide bonds. The molecule has 1 atom stereocenters. The first-order valence-corrected chi connectivity index (χ1v) is 11.6. The summed E-state index contributed by atoms with van der Waals surface area (Å²) < 4.78 is 57.5. The minimum Gasteiger partial charge on any atom is -0.393 e. The fourth-order valence-corrected chi connectivity index (χ4v) is 6.33. The fourth-order valence-electron chi connectivity index (χ4n) is 2.57. The Morgan fingerprint density at radius 3 is 1.29 bits per heavy atom. The first-order valence-electron chi connectivity index (χ1n) is 8.45. The number of hydrogen-bond donors (Lipinski definition) is 2. The van der Waals surface area contributed by atoms with Gasteiger partial charge in [-0.1, -0.05) is 91.8 Å². The van der Waals surface area contributed by atoms with Crippen LogP contribution in [0.3, 0.4) is 0 Å². The Labute approximate surface area is 165 Å². The number of alkyl halides is 3. The van der Waals surface area contributed by atoms with Crippen LogP contribution in [0.15, 0.2) is 60.7 Å². The number of rotatable bonds is 3. The Morgan fingerprint density at radius 2 is 1.07 bits per heavy atom. The molecule has 0 aliphatic heterocycles. The second-order valence-corrected chi connectivity index (χ2v) is 12.3. The third-order valence-corrected chi connectivity index (χ3v) is 9.32. The average Bonchev–Trinajstić information content (AvgIpc) is 2.54. The zero-order valence-corrected chi connectivity index (χ0v) is 18.1. The van der Waals surface area contributed by atoms with Crippen molar-refractivity contribution in [3.8, 4) is 0 Å². The van der Waals surface area contributed by atoms with E-state index in [9.17, 15) is 18.3 Å². The lowest BCUT2D eigenvalue weighted by Crippen LogP contribution is -2.64. The van der Waals surface area contributed by atoms with Crippen molar-refractivity contribution in [3.63, 3.8) is 0 Å². The quantitative estimate of drug-likeness (QED) is 0.443. The molecule has 2 aromatic rings. The third-order valence-electron chi connectivity index (χ3n) is 4.64. The highest BCUT2D eigenvalue weighted by molar-refractivity contribution is 7.86. The Hall–Kier alpha value is -1.68. The molecule has 0 radical (unpaired) electrons. The molecule has 0 fully saturated rings. The predicted molar refractivity (Wildman–Crippen MR) is 107 cm³/mol. The van der Waals surface area contributed by atoms with Crippen LogP contribution in [-0.2, 0) is 10.1 Å². The molecule has 9 heteroatoms. The lowest BCUT2D eigenvalue weighted by molar-refractivity contribution is -0.0510. The zero-order valence-electron chi connectivity index (χ0n) is 16.1. The summed E-state index contributed by atoms with van der Waals surface area (Å²) in [6.45, 7) is 8.38. The van der Waals surface area contributed by atoms with E-state index in [-0.39, 0.29) is 5.41 Å². The van der Waals surface area contributed by atoms with Gasteiger partial charge in [0.2, 0.25) is 0 Å². The number of aliphatic hydroxyl groups is 1. The SMILES string of the molecule is CC(C)(C)C(C)(O)[SiH](c1ccccc1)c1ccccc1.O=S(=O)(O)C(F)(F)F. The van der Waals surface area contributed by atoms with Gasteiger partial charge in [-0.3, -0.25) is 4.55 Å². The maximum atomic E-state index is 11.3. The fraction of sp³-hybridized carbons (Fsp3) is 0.368. The predicted octanol–water partition coefficient (Wildman–Crippen LogP) is 2.76. The van der Waals surface area contributed by atoms with Crippen molar-refractivity contribution >= 4 is 29.3 Å². The topological polar surface area (TPSA) is 74.6 Å². The van der Waals surface area contributed by atoms with E-state index in [1.54, 1.807) is 0 Å². The Morgan fingerprint density at radius 1 is 0.786 bits per heavy atom. The highest BCUT2D eigenvalue weighted by Gasteiger charge is 2.45. The van der Waals surface area contributed by atoms with Gasteiger partial charge in [0.1, 0.15) is 8.80 Å². The van der Waals surface area contributed by atoms with Crippen molar-refractivity contribution in [2.24, 2.45) is 5.41 Å². The molecule has 2 aromatic carbocycles. The Kier molecular flexibility index (Phi) is 7.63. The summed E-state index contributed by atoms with van der Waals surface area (Å²) in [5.41, 5.74) is -5.69. The second-order valence-electron chi connectivity index (χ2n) is 7.57. The van der Waals surface area contributed by atoms with Crippen LogP contribution < -0.4 is 10.4 Å². The molecular formula is C19H25F3O4SSi. The van der Waals surface area contributed by atoms with Crippen molar-refractivity contribution < 1.29 is 31.2 Å². The zero-order chi connectivity index (χ0) is 21.8. The van der Waals surface area contributed by atoms with Crippen LogP contribution in [0.5, 0.6) is 0 Å². The van der Waals surface area contributed by atoms with Crippen LogP contribution >= 0.6 is 0 Å². The minimum atomic E-state index is -5.84. The van der Waals surface area contributed by atoms with Gasteiger partial charge in [0, 0.05) is 0 Å². The highest BCUT2D eigenvalue weighted by Crippen LogP contribution is 2.32. The first kappa shape index (κ1) is 24.4. The minimum absolute atomic E-state index is 0.157. The summed E-state index contributed by atoms with van der Waals surface area (Å²) >= 11 is 0. The number of halogens is 3. The van der Waals surface area contributed by atoms with Gasteiger partial charge in [-0.15, -0.1) is 0 Å². The molecule has 0 spiro atoms. The van der Waals surface area contributed by atoms with E-state index >= 15 is 0 Å². The van der Waals surface area contributed by atoms with Gasteiger partial charge in [-0.2, -0.15) is 21.6 Å². The van der Waals surface area contributed by atoms with E-state index in [1.165, 1.54) is 10.4 Å². The molecule has 28 heavy (non-hydrogen) atoms. The van der Waals surface area contributed by atoms with Crippen molar-refractivity contribution in [1.29, 1.82) is 0 Å². The van der Waals surface area contributed by atoms with Crippen LogP contribution in [0.1, 0.15) is 27.7 Å². The summed E-state index contributed by atoms with van der Waals surface area (Å²) in [5, 5.41) is 13.2. The van der Waals surface area contributed by atoms with E-state index in [0.29, 0.717) is 0 Å². The molecule has 0 aliphatic rings. The molecule has 1 unspecified atom stereocenters. The molecule has 4 nitrogen and oxygen atoms in total. The summed E-state index contributed by atoms with van der Waals surface area (Å²) in [6.07, 6.45) is 0. The molecule has 0 saturated carbocycles. The molecule has 2 N–H and O–H groups in total. The van der Waals surface area contributed by atoms with Gasteiger partial charge in [0.15, 0.2) is 0 Å². The summed E-state index contributed by atoms with van der Waals surface area (Å²) in [5.74, 6) is 0. The van der Waals surface area contributed by atoms with Crippen molar-refractivity contribution in [1.82, 2.24) is 0 Å². The van der Waals surface area contributed by atoms with E-state index < -0.39 is 29.6 Å². The van der Waals surface area contributed by atoms with Crippen LogP contribution in [-0.4, -0.2) is 37.6 Å². The van der Waals surface area contributed by atoms with Crippen LogP contribution in [0.25, 0.3) is 0 Å². The van der Waals surface area contributed by atoms with Crippen LogP contribution in [0, 0.1) is 5.41 Å². The van der Waals surface area contributed by atoms with E-state index in [0.717, 1.165) is 0 Å². The molecule has 0 heterocycles. The Balaban J connectivity index is 0.000000416. The first-order chi connectivity index (χ1) is 12.6. The Bertz CT molecular complexity index is 807. The molecule has 2 rings (SSSR count).